The minimum Gasteiger partial charge on any atom is -0.481 e. The van der Waals surface area contributed by atoms with E-state index < -0.39 is 11.9 Å². The minimum atomic E-state index is -0.865. The molecule has 1 saturated heterocycles. The average molecular weight is 335 g/mol. The summed E-state index contributed by atoms with van der Waals surface area (Å²) >= 11 is 0. The van der Waals surface area contributed by atoms with Gasteiger partial charge in [0.15, 0.2) is 0 Å². The van der Waals surface area contributed by atoms with E-state index in [4.69, 9.17) is 4.74 Å². The molecule has 1 aromatic heterocycles. The molecule has 1 saturated carbocycles. The Morgan fingerprint density at radius 1 is 1.33 bits per heavy atom. The van der Waals surface area contributed by atoms with E-state index in [-0.39, 0.29) is 31.1 Å². The van der Waals surface area contributed by atoms with Crippen molar-refractivity contribution in [1.82, 2.24) is 14.7 Å². The number of ether oxygens (including phenoxy) is 1. The summed E-state index contributed by atoms with van der Waals surface area (Å²) in [6.45, 7) is 2.63. The molecule has 2 atom stereocenters. The normalized spacial score (nSPS) is 24.7. The van der Waals surface area contributed by atoms with Crippen molar-refractivity contribution in [2.45, 2.75) is 44.6 Å². The van der Waals surface area contributed by atoms with Crippen LogP contribution in [0.2, 0.25) is 0 Å². The number of amides is 1. The lowest BCUT2D eigenvalue weighted by atomic mass is 9.89. The zero-order valence-corrected chi connectivity index (χ0v) is 14.3. The van der Waals surface area contributed by atoms with Gasteiger partial charge in [0.25, 0.3) is 0 Å². The van der Waals surface area contributed by atoms with E-state index >= 15 is 0 Å². The van der Waals surface area contributed by atoms with Gasteiger partial charge in [-0.1, -0.05) is 12.8 Å². The third kappa shape index (κ3) is 3.31. The Bertz CT molecular complexity index is 621. The number of aromatic nitrogens is 2. The summed E-state index contributed by atoms with van der Waals surface area (Å²) in [5, 5.41) is 13.8. The van der Waals surface area contributed by atoms with Gasteiger partial charge in [-0.05, 0) is 25.3 Å². The van der Waals surface area contributed by atoms with Gasteiger partial charge in [0.2, 0.25) is 5.91 Å². The molecule has 0 radical (unpaired) electrons. The van der Waals surface area contributed by atoms with Crippen LogP contribution in [0, 0.1) is 12.8 Å². The van der Waals surface area contributed by atoms with Crippen molar-refractivity contribution >= 4 is 11.9 Å². The van der Waals surface area contributed by atoms with Gasteiger partial charge in [0.1, 0.15) is 6.61 Å². The van der Waals surface area contributed by atoms with E-state index in [0.29, 0.717) is 6.54 Å². The summed E-state index contributed by atoms with van der Waals surface area (Å²) in [7, 11) is 1.84. The molecular weight excluding hydrogens is 310 g/mol. The van der Waals surface area contributed by atoms with Crippen LogP contribution in [0.1, 0.15) is 42.9 Å². The van der Waals surface area contributed by atoms with Crippen LogP contribution < -0.4 is 0 Å². The highest BCUT2D eigenvalue weighted by Crippen LogP contribution is 2.34. The summed E-state index contributed by atoms with van der Waals surface area (Å²) in [6.07, 6.45) is 6.25. The molecule has 1 N–H and O–H groups in total. The van der Waals surface area contributed by atoms with E-state index in [2.05, 4.69) is 5.10 Å². The number of carboxylic acid groups (broad SMARTS) is 1. The van der Waals surface area contributed by atoms with Crippen LogP contribution >= 0.6 is 0 Å². The van der Waals surface area contributed by atoms with Gasteiger partial charge in [-0.3, -0.25) is 14.3 Å². The van der Waals surface area contributed by atoms with Gasteiger partial charge < -0.3 is 14.7 Å². The molecule has 0 aromatic carbocycles. The van der Waals surface area contributed by atoms with E-state index in [1.165, 1.54) is 0 Å². The van der Waals surface area contributed by atoms with Gasteiger partial charge in [0.05, 0.1) is 18.2 Å². The number of aliphatic carboxylic acids is 1. The maximum Gasteiger partial charge on any atom is 0.308 e. The monoisotopic (exact) mass is 335 g/mol. The molecule has 132 valence electrons. The van der Waals surface area contributed by atoms with Crippen molar-refractivity contribution in [2.75, 3.05) is 19.7 Å². The Hall–Kier alpha value is -1.89. The molecular formula is C17H25N3O4. The Labute approximate surface area is 141 Å². The summed E-state index contributed by atoms with van der Waals surface area (Å²) < 4.78 is 7.42. The van der Waals surface area contributed by atoms with Gasteiger partial charge in [-0.2, -0.15) is 5.10 Å². The van der Waals surface area contributed by atoms with Gasteiger partial charge in [-0.15, -0.1) is 0 Å². The average Bonchev–Trinajstić information content (AvgIpc) is 3.26. The lowest BCUT2D eigenvalue weighted by molar-refractivity contribution is -0.142. The largest absolute Gasteiger partial charge is 0.481 e. The van der Waals surface area contributed by atoms with Crippen LogP contribution in [-0.4, -0.2) is 57.5 Å². The van der Waals surface area contributed by atoms with Crippen LogP contribution in [-0.2, 0) is 21.4 Å². The third-order valence-electron chi connectivity index (χ3n) is 5.41. The molecule has 0 bridgehead atoms. The number of rotatable bonds is 5. The van der Waals surface area contributed by atoms with E-state index in [9.17, 15) is 14.7 Å². The zero-order valence-electron chi connectivity index (χ0n) is 14.3. The standard InChI is InChI=1S/C17H25N3O4/c1-11-13(7-18-19(11)2)14-8-20(9-15(14)17(22)23)16(21)10-24-12-5-3-4-6-12/h7,12,14-15H,3-6,8-10H2,1-2H3,(H,22,23)/t14-,15+/m1/s1. The molecule has 1 aliphatic heterocycles. The number of hydrogen-bond donors (Lipinski definition) is 1. The molecule has 7 heteroatoms. The first-order valence-electron chi connectivity index (χ1n) is 8.58. The number of aryl methyl sites for hydroxylation is 1. The number of nitrogens with zero attached hydrogens (tertiary/aromatic N) is 3. The molecule has 24 heavy (non-hydrogen) atoms. The minimum absolute atomic E-state index is 0.0513. The Morgan fingerprint density at radius 2 is 2.04 bits per heavy atom. The second-order valence-corrected chi connectivity index (χ2v) is 6.88. The predicted octanol–water partition coefficient (Wildman–Crippen LogP) is 1.31. The highest BCUT2D eigenvalue weighted by Gasteiger charge is 2.41. The Morgan fingerprint density at radius 3 is 2.62 bits per heavy atom. The van der Waals surface area contributed by atoms with E-state index in [1.807, 2.05) is 14.0 Å². The summed E-state index contributed by atoms with van der Waals surface area (Å²) in [4.78, 5) is 25.7. The quantitative estimate of drug-likeness (QED) is 0.877. The molecule has 1 aliphatic carbocycles. The lowest BCUT2D eigenvalue weighted by Crippen LogP contribution is -2.34. The fraction of sp³-hybridized carbons (Fsp3) is 0.706. The highest BCUT2D eigenvalue weighted by molar-refractivity contribution is 5.80. The lowest BCUT2D eigenvalue weighted by Gasteiger charge is -2.18. The van der Waals surface area contributed by atoms with Gasteiger partial charge in [0, 0.05) is 31.7 Å². The van der Waals surface area contributed by atoms with Crippen molar-refractivity contribution in [1.29, 1.82) is 0 Å². The maximum absolute atomic E-state index is 12.4. The highest BCUT2D eigenvalue weighted by atomic mass is 16.5. The van der Waals surface area contributed by atoms with Crippen molar-refractivity contribution in [3.05, 3.63) is 17.5 Å². The summed E-state index contributed by atoms with van der Waals surface area (Å²) in [5.74, 6) is -1.79. The van der Waals surface area contributed by atoms with Crippen LogP contribution in [0.4, 0.5) is 0 Å². The first-order chi connectivity index (χ1) is 11.5. The molecule has 2 heterocycles. The molecule has 7 nitrogen and oxygen atoms in total. The van der Waals surface area contributed by atoms with Gasteiger partial charge in [-0.25, -0.2) is 0 Å². The summed E-state index contributed by atoms with van der Waals surface area (Å²) in [6, 6.07) is 0. The molecule has 2 aliphatic rings. The maximum atomic E-state index is 12.4. The van der Waals surface area contributed by atoms with E-state index in [0.717, 1.165) is 36.9 Å². The van der Waals surface area contributed by atoms with Crippen LogP contribution in [0.3, 0.4) is 0 Å². The Kier molecular flexibility index (Phi) is 4.89. The molecule has 1 amide bonds. The number of likely N-dealkylation sites (tertiary alicyclic amines) is 1. The van der Waals surface area contributed by atoms with Crippen molar-refractivity contribution in [3.63, 3.8) is 0 Å². The first-order valence-corrected chi connectivity index (χ1v) is 8.58. The number of carboxylic acids is 1. The van der Waals surface area contributed by atoms with Crippen LogP contribution in [0.15, 0.2) is 6.20 Å². The molecule has 2 fully saturated rings. The summed E-state index contributed by atoms with van der Waals surface area (Å²) in [5.41, 5.74) is 1.86. The SMILES string of the molecule is Cc1c([C@H]2CN(C(=O)COC3CCCC3)C[C@@H]2C(=O)O)cnn1C. The number of hydrogen-bond acceptors (Lipinski definition) is 4. The second kappa shape index (κ2) is 6.93. The van der Waals surface area contributed by atoms with Crippen LogP contribution in [0.25, 0.3) is 0 Å². The second-order valence-electron chi connectivity index (χ2n) is 6.88. The molecule has 1 aromatic rings. The molecule has 0 unspecified atom stereocenters. The fourth-order valence-corrected chi connectivity index (χ4v) is 3.79. The van der Waals surface area contributed by atoms with Crippen molar-refractivity contribution in [2.24, 2.45) is 13.0 Å². The first kappa shape index (κ1) is 17.0. The van der Waals surface area contributed by atoms with Gasteiger partial charge >= 0.3 is 5.97 Å². The van der Waals surface area contributed by atoms with Crippen molar-refractivity contribution in [3.8, 4) is 0 Å². The molecule has 3 rings (SSSR count). The number of carbonyl (C=O) groups excluding carboxylic acids is 1. The third-order valence-corrected chi connectivity index (χ3v) is 5.41. The van der Waals surface area contributed by atoms with E-state index in [1.54, 1.807) is 15.8 Å². The smallest absolute Gasteiger partial charge is 0.308 e. The molecule has 0 spiro atoms. The van der Waals surface area contributed by atoms with Crippen molar-refractivity contribution < 1.29 is 19.4 Å². The number of carbonyl (C=O) groups is 2. The fourth-order valence-electron chi connectivity index (χ4n) is 3.79. The zero-order chi connectivity index (χ0) is 17.3. The topological polar surface area (TPSA) is 84.7 Å². The predicted molar refractivity (Wildman–Crippen MR) is 86.6 cm³/mol. The van der Waals surface area contributed by atoms with Crippen LogP contribution in [0.5, 0.6) is 0 Å². The Balaban J connectivity index is 1.66.